The van der Waals surface area contributed by atoms with E-state index < -0.39 is 30.0 Å². The Morgan fingerprint density at radius 3 is 2.66 bits per heavy atom. The molecule has 3 rings (SSSR count). The molecule has 158 valence electrons. The van der Waals surface area contributed by atoms with Crippen molar-refractivity contribution in [1.82, 2.24) is 4.98 Å². The molecule has 2 aliphatic carbocycles. The van der Waals surface area contributed by atoms with Crippen molar-refractivity contribution in [2.24, 2.45) is 5.41 Å². The Kier molecular flexibility index (Phi) is 6.03. The normalized spacial score (nSPS) is 21.8. The van der Waals surface area contributed by atoms with E-state index in [1.54, 1.807) is 32.1 Å². The van der Waals surface area contributed by atoms with Crippen molar-refractivity contribution in [2.75, 3.05) is 0 Å². The maximum atomic E-state index is 14.1. The number of aromatic nitrogens is 1. The number of fused-ring (bicyclic) bond motifs is 1. The van der Waals surface area contributed by atoms with Crippen molar-refractivity contribution in [3.05, 3.63) is 58.6 Å². The number of aliphatic hydroxyl groups is 2. The Labute approximate surface area is 177 Å². The van der Waals surface area contributed by atoms with E-state index in [0.29, 0.717) is 29.5 Å². The smallest absolute Gasteiger partial charge is 0.417 e. The van der Waals surface area contributed by atoms with Crippen LogP contribution >= 0.6 is 15.9 Å². The second kappa shape index (κ2) is 7.91. The highest BCUT2D eigenvalue weighted by Gasteiger charge is 2.56. The molecule has 0 aromatic carbocycles. The zero-order chi connectivity index (χ0) is 21.4. The monoisotopic (exact) mass is 471 g/mol. The second-order valence-electron chi connectivity index (χ2n) is 8.48. The third-order valence-electron chi connectivity index (χ3n) is 5.73. The second-order valence-corrected chi connectivity index (χ2v) is 9.66. The Balaban J connectivity index is 1.97. The maximum Gasteiger partial charge on any atom is 0.417 e. The molecule has 0 fully saturated rings. The van der Waals surface area contributed by atoms with E-state index in [1.165, 1.54) is 12.3 Å². The predicted molar refractivity (Wildman–Crippen MR) is 111 cm³/mol. The van der Waals surface area contributed by atoms with Crippen molar-refractivity contribution < 1.29 is 23.4 Å². The quantitative estimate of drug-likeness (QED) is 0.531. The van der Waals surface area contributed by atoms with Crippen LogP contribution in [0.15, 0.2) is 41.8 Å². The van der Waals surface area contributed by atoms with Gasteiger partial charge in [-0.2, -0.15) is 13.2 Å². The Hall–Kier alpha value is -1.60. The average molecular weight is 472 g/mol. The summed E-state index contributed by atoms with van der Waals surface area (Å²) >= 11 is 3.43. The fourth-order valence-corrected chi connectivity index (χ4v) is 4.72. The van der Waals surface area contributed by atoms with Gasteiger partial charge in [0.25, 0.3) is 0 Å². The molecule has 7 heteroatoms. The molecular formula is C22H25BrF3NO2. The van der Waals surface area contributed by atoms with Crippen molar-refractivity contribution in [3.63, 3.8) is 0 Å². The number of hydrogen-bond donors (Lipinski definition) is 2. The SMILES string of the molecule is CC(C)(CC(O)(Cc1ccnc2c1C=CCC2)C(F)(F)F)C1=C(O)C=CC(Br)C1. The first-order chi connectivity index (χ1) is 13.4. The fraction of sp³-hybridized carbons (Fsp3) is 0.500. The van der Waals surface area contributed by atoms with Gasteiger partial charge in [-0.15, -0.1) is 0 Å². The largest absolute Gasteiger partial charge is 0.508 e. The minimum atomic E-state index is -4.83. The number of halogens is 4. The molecule has 0 saturated heterocycles. The maximum absolute atomic E-state index is 14.1. The van der Waals surface area contributed by atoms with E-state index in [0.717, 1.165) is 12.1 Å². The molecule has 0 spiro atoms. The van der Waals surface area contributed by atoms with E-state index in [2.05, 4.69) is 20.9 Å². The van der Waals surface area contributed by atoms with Crippen molar-refractivity contribution in [3.8, 4) is 0 Å². The van der Waals surface area contributed by atoms with Gasteiger partial charge in [0.15, 0.2) is 5.60 Å². The Bertz CT molecular complexity index is 873. The van der Waals surface area contributed by atoms with Crippen LogP contribution in [-0.2, 0) is 12.8 Å². The molecule has 1 aromatic rings. The highest BCUT2D eigenvalue weighted by molar-refractivity contribution is 9.09. The molecule has 0 amide bonds. The third-order valence-corrected chi connectivity index (χ3v) is 6.36. The van der Waals surface area contributed by atoms with Gasteiger partial charge in [0.05, 0.1) is 0 Å². The fourth-order valence-electron chi connectivity index (χ4n) is 4.24. The van der Waals surface area contributed by atoms with Gasteiger partial charge in [-0.1, -0.05) is 48.0 Å². The first-order valence-corrected chi connectivity index (χ1v) is 10.5. The van der Waals surface area contributed by atoms with Crippen LogP contribution in [-0.4, -0.2) is 31.8 Å². The number of rotatable bonds is 5. The Morgan fingerprint density at radius 2 is 1.97 bits per heavy atom. The lowest BCUT2D eigenvalue weighted by Gasteiger charge is -2.40. The molecule has 0 saturated carbocycles. The van der Waals surface area contributed by atoms with Crippen LogP contribution < -0.4 is 0 Å². The molecule has 2 aliphatic rings. The van der Waals surface area contributed by atoms with Crippen LogP contribution in [0, 0.1) is 5.41 Å². The summed E-state index contributed by atoms with van der Waals surface area (Å²) in [5, 5.41) is 21.2. The summed E-state index contributed by atoms with van der Waals surface area (Å²) in [6.07, 6.45) is 4.38. The van der Waals surface area contributed by atoms with Gasteiger partial charge in [-0.3, -0.25) is 4.98 Å². The topological polar surface area (TPSA) is 53.4 Å². The lowest BCUT2D eigenvalue weighted by molar-refractivity contribution is -0.268. The first-order valence-electron chi connectivity index (χ1n) is 9.60. The van der Waals surface area contributed by atoms with Gasteiger partial charge in [-0.25, -0.2) is 0 Å². The number of aliphatic hydroxyl groups excluding tert-OH is 1. The molecule has 2 atom stereocenters. The summed E-state index contributed by atoms with van der Waals surface area (Å²) < 4.78 is 42.3. The van der Waals surface area contributed by atoms with Crippen molar-refractivity contribution >= 4 is 22.0 Å². The molecule has 0 aliphatic heterocycles. The van der Waals surface area contributed by atoms with Crippen LogP contribution in [0.1, 0.15) is 49.9 Å². The lowest BCUT2D eigenvalue weighted by atomic mass is 9.70. The van der Waals surface area contributed by atoms with E-state index in [-0.39, 0.29) is 10.6 Å². The Morgan fingerprint density at radius 1 is 1.24 bits per heavy atom. The number of pyridine rings is 1. The van der Waals surface area contributed by atoms with Crippen LogP contribution in [0.4, 0.5) is 13.2 Å². The third kappa shape index (κ3) is 4.61. The van der Waals surface area contributed by atoms with Crippen LogP contribution in [0.25, 0.3) is 6.08 Å². The standard InChI is InChI=1S/C22H25BrF3NO2/c1-20(2,17-11-15(23)7-8-19(17)28)13-21(29,22(24,25)26)12-14-9-10-27-18-6-4-3-5-16(14)18/h3,5,7-10,15,28-29H,4,6,11-13H2,1-2H3. The van der Waals surface area contributed by atoms with Gasteiger partial charge in [-0.05, 0) is 59.9 Å². The van der Waals surface area contributed by atoms with E-state index in [4.69, 9.17) is 0 Å². The molecular weight excluding hydrogens is 447 g/mol. The first kappa shape index (κ1) is 22.1. The van der Waals surface area contributed by atoms with Gasteiger partial charge < -0.3 is 10.2 Å². The minimum Gasteiger partial charge on any atom is -0.508 e. The summed E-state index contributed by atoms with van der Waals surface area (Å²) in [6, 6.07) is 1.55. The number of hydrogen-bond acceptors (Lipinski definition) is 3. The predicted octanol–water partition coefficient (Wildman–Crippen LogP) is 5.83. The molecule has 1 aromatic heterocycles. The molecule has 2 unspecified atom stereocenters. The highest BCUT2D eigenvalue weighted by atomic mass is 79.9. The van der Waals surface area contributed by atoms with Gasteiger partial charge in [0, 0.05) is 23.1 Å². The molecule has 0 bridgehead atoms. The molecule has 29 heavy (non-hydrogen) atoms. The number of alkyl halides is 4. The average Bonchev–Trinajstić information content (AvgIpc) is 2.62. The minimum absolute atomic E-state index is 0.0283. The summed E-state index contributed by atoms with van der Waals surface area (Å²) in [7, 11) is 0. The summed E-state index contributed by atoms with van der Waals surface area (Å²) in [6.45, 7) is 3.27. The number of allylic oxidation sites excluding steroid dienone is 4. The molecule has 0 radical (unpaired) electrons. The van der Waals surface area contributed by atoms with Crippen LogP contribution in [0.3, 0.4) is 0 Å². The highest BCUT2D eigenvalue weighted by Crippen LogP contribution is 2.47. The van der Waals surface area contributed by atoms with Crippen LogP contribution in [0.5, 0.6) is 0 Å². The molecule has 2 N–H and O–H groups in total. The summed E-state index contributed by atoms with van der Waals surface area (Å²) in [4.78, 5) is 4.21. The van der Waals surface area contributed by atoms with Crippen molar-refractivity contribution in [2.45, 2.75) is 62.6 Å². The summed E-state index contributed by atoms with van der Waals surface area (Å²) in [5.41, 5.74) is -1.64. The van der Waals surface area contributed by atoms with E-state index >= 15 is 0 Å². The molecule has 1 heterocycles. The number of nitrogens with zero attached hydrogens (tertiary/aromatic N) is 1. The van der Waals surface area contributed by atoms with Gasteiger partial charge in [0.2, 0.25) is 0 Å². The zero-order valence-corrected chi connectivity index (χ0v) is 18.0. The number of aryl methyl sites for hydroxylation is 1. The van der Waals surface area contributed by atoms with Crippen molar-refractivity contribution in [1.29, 1.82) is 0 Å². The molecule has 3 nitrogen and oxygen atoms in total. The summed E-state index contributed by atoms with van der Waals surface area (Å²) in [5.74, 6) is -0.0283. The van der Waals surface area contributed by atoms with Gasteiger partial charge >= 0.3 is 6.18 Å². The van der Waals surface area contributed by atoms with E-state index in [1.807, 2.05) is 6.08 Å². The zero-order valence-electron chi connectivity index (χ0n) is 16.4. The van der Waals surface area contributed by atoms with Crippen LogP contribution in [0.2, 0.25) is 0 Å². The van der Waals surface area contributed by atoms with Gasteiger partial charge in [0.1, 0.15) is 5.76 Å². The van der Waals surface area contributed by atoms with E-state index in [9.17, 15) is 23.4 Å². The lowest BCUT2D eigenvalue weighted by Crippen LogP contribution is -2.50.